The second kappa shape index (κ2) is 10.9. The van der Waals surface area contributed by atoms with E-state index in [9.17, 15) is 19.2 Å². The number of nitrogens with zero attached hydrogens (tertiary/aromatic N) is 2. The monoisotopic (exact) mass is 517 g/mol. The van der Waals surface area contributed by atoms with Gasteiger partial charge in [0.25, 0.3) is 11.5 Å². The molecule has 35 heavy (non-hydrogen) atoms. The molecule has 0 aliphatic rings. The Bertz CT molecular complexity index is 1370. The van der Waals surface area contributed by atoms with E-state index in [-0.39, 0.29) is 28.6 Å². The smallest absolute Gasteiger partial charge is 0.330 e. The predicted octanol–water partition coefficient (Wildman–Crippen LogP) is 3.27. The number of amides is 1. The summed E-state index contributed by atoms with van der Waals surface area (Å²) in [6.07, 6.45) is 0.136. The number of ether oxygens (including phenoxy) is 1. The first-order chi connectivity index (χ1) is 16.6. The summed E-state index contributed by atoms with van der Waals surface area (Å²) < 4.78 is 7.61. The molecule has 1 N–H and O–H groups in total. The van der Waals surface area contributed by atoms with Gasteiger partial charge in [0.15, 0.2) is 0 Å². The van der Waals surface area contributed by atoms with Crippen molar-refractivity contribution in [2.75, 3.05) is 6.61 Å². The van der Waals surface area contributed by atoms with Crippen LogP contribution in [0.1, 0.15) is 28.5 Å². The van der Waals surface area contributed by atoms with Crippen LogP contribution in [-0.4, -0.2) is 33.7 Å². The molecule has 2 aromatic carbocycles. The number of hydrogen-bond acceptors (Lipinski definition) is 5. The zero-order chi connectivity index (χ0) is 25.9. The summed E-state index contributed by atoms with van der Waals surface area (Å²) in [5, 5.41) is 2.99. The summed E-state index contributed by atoms with van der Waals surface area (Å²) >= 11 is 12.3. The molecule has 0 radical (unpaired) electrons. The van der Waals surface area contributed by atoms with Crippen LogP contribution in [0.15, 0.2) is 52.1 Å². The highest BCUT2D eigenvalue weighted by atomic mass is 35.5. The lowest BCUT2D eigenvalue weighted by atomic mass is 10.00. The van der Waals surface area contributed by atoms with E-state index in [1.165, 1.54) is 23.7 Å². The zero-order valence-corrected chi connectivity index (χ0v) is 21.2. The van der Waals surface area contributed by atoms with E-state index < -0.39 is 29.2 Å². The van der Waals surface area contributed by atoms with Gasteiger partial charge >= 0.3 is 11.7 Å². The molecule has 1 aromatic heterocycles. The minimum absolute atomic E-state index is 0.0708. The van der Waals surface area contributed by atoms with Gasteiger partial charge in [-0.3, -0.25) is 14.2 Å². The molecule has 184 valence electrons. The molecule has 1 atom stereocenters. The van der Waals surface area contributed by atoms with Crippen LogP contribution in [0.5, 0.6) is 0 Å². The fourth-order valence-corrected chi connectivity index (χ4v) is 4.27. The van der Waals surface area contributed by atoms with Gasteiger partial charge in [-0.25, -0.2) is 9.59 Å². The molecule has 8 nitrogen and oxygen atoms in total. The molecule has 1 heterocycles. The van der Waals surface area contributed by atoms with Gasteiger partial charge in [0.1, 0.15) is 6.04 Å². The number of aromatic nitrogens is 2. The van der Waals surface area contributed by atoms with Gasteiger partial charge in [-0.2, -0.15) is 0 Å². The summed E-state index contributed by atoms with van der Waals surface area (Å²) in [7, 11) is 3.03. The summed E-state index contributed by atoms with van der Waals surface area (Å²) in [5.41, 5.74) is 1.56. The Morgan fingerprint density at radius 3 is 2.17 bits per heavy atom. The lowest BCUT2D eigenvalue weighted by Gasteiger charge is -2.19. The fraction of sp³-hybridized carbons (Fsp3) is 0.280. The third kappa shape index (κ3) is 5.49. The molecule has 0 aliphatic heterocycles. The molecule has 10 heteroatoms. The van der Waals surface area contributed by atoms with E-state index in [0.29, 0.717) is 16.8 Å². The number of esters is 1. The molecule has 0 fully saturated rings. The van der Waals surface area contributed by atoms with Crippen molar-refractivity contribution in [3.05, 3.63) is 90.2 Å². The van der Waals surface area contributed by atoms with Crippen LogP contribution in [0, 0.1) is 6.92 Å². The topological polar surface area (TPSA) is 99.4 Å². The molecule has 3 aromatic rings. The number of carbonyl (C=O) groups excluding carboxylic acids is 2. The quantitative estimate of drug-likeness (QED) is 0.484. The number of hydrogen-bond donors (Lipinski definition) is 1. The first-order valence-electron chi connectivity index (χ1n) is 10.8. The summed E-state index contributed by atoms with van der Waals surface area (Å²) in [6.45, 7) is 3.52. The lowest BCUT2D eigenvalue weighted by Crippen LogP contribution is -2.43. The van der Waals surface area contributed by atoms with Crippen LogP contribution < -0.4 is 16.6 Å². The Morgan fingerprint density at radius 2 is 1.60 bits per heavy atom. The Kier molecular flexibility index (Phi) is 8.19. The average molecular weight is 518 g/mol. The van der Waals surface area contributed by atoms with Crippen molar-refractivity contribution in [2.24, 2.45) is 14.1 Å². The summed E-state index contributed by atoms with van der Waals surface area (Å²) in [6, 6.07) is 10.7. The van der Waals surface area contributed by atoms with Gasteiger partial charge < -0.3 is 14.6 Å². The molecule has 0 aliphatic carbocycles. The maximum absolute atomic E-state index is 12.8. The molecular formula is C25H25Cl2N3O5. The molecule has 0 bridgehead atoms. The van der Waals surface area contributed by atoms with E-state index in [4.69, 9.17) is 27.9 Å². The first kappa shape index (κ1) is 26.2. The van der Waals surface area contributed by atoms with Gasteiger partial charge in [0.2, 0.25) is 0 Å². The predicted molar refractivity (Wildman–Crippen MR) is 135 cm³/mol. The first-order valence-corrected chi connectivity index (χ1v) is 11.6. The van der Waals surface area contributed by atoms with Gasteiger partial charge in [0, 0.05) is 26.2 Å². The van der Waals surface area contributed by atoms with Crippen LogP contribution >= 0.6 is 23.2 Å². The van der Waals surface area contributed by atoms with Crippen LogP contribution in [0.4, 0.5) is 0 Å². The fourth-order valence-electron chi connectivity index (χ4n) is 3.70. The van der Waals surface area contributed by atoms with E-state index in [1.54, 1.807) is 51.2 Å². The van der Waals surface area contributed by atoms with Crippen LogP contribution in [0.3, 0.4) is 0 Å². The van der Waals surface area contributed by atoms with Crippen molar-refractivity contribution in [2.45, 2.75) is 26.3 Å². The lowest BCUT2D eigenvalue weighted by molar-refractivity contribution is -0.145. The van der Waals surface area contributed by atoms with Crippen molar-refractivity contribution in [3.63, 3.8) is 0 Å². The van der Waals surface area contributed by atoms with Crippen molar-refractivity contribution >= 4 is 35.1 Å². The van der Waals surface area contributed by atoms with Gasteiger partial charge in [0.05, 0.1) is 27.8 Å². The van der Waals surface area contributed by atoms with E-state index in [1.807, 2.05) is 0 Å². The molecule has 0 saturated heterocycles. The second-order valence-electron chi connectivity index (χ2n) is 7.94. The number of rotatable bonds is 7. The summed E-state index contributed by atoms with van der Waals surface area (Å²) in [5.74, 6) is -1.20. The third-order valence-corrected chi connectivity index (χ3v) is 6.34. The van der Waals surface area contributed by atoms with Gasteiger partial charge in [-0.15, -0.1) is 0 Å². The Hall–Kier alpha value is -3.36. The molecule has 3 rings (SSSR count). The SMILES string of the molecule is CCOC(=O)[C@H](Cc1ccc(-c2c(C)n(C)c(=O)n(C)c2=O)cc1)NC(=O)c1c(Cl)cccc1Cl. The number of halogens is 2. The molecule has 0 saturated carbocycles. The number of nitrogens with one attached hydrogen (secondary N) is 1. The van der Waals surface area contributed by atoms with Gasteiger partial charge in [-0.1, -0.05) is 53.5 Å². The van der Waals surface area contributed by atoms with Crippen molar-refractivity contribution in [1.82, 2.24) is 14.5 Å². The van der Waals surface area contributed by atoms with Gasteiger partial charge in [-0.05, 0) is 37.1 Å². The molecule has 0 spiro atoms. The normalized spacial score (nSPS) is 11.7. The maximum atomic E-state index is 12.8. The standard InChI is InChI=1S/C25H25Cl2N3O5/c1-5-35-24(33)19(28-22(31)21-17(26)7-6-8-18(21)27)13-15-9-11-16(12-10-15)20-14(2)29(3)25(34)30(4)23(20)32/h6-12,19H,5,13H2,1-4H3,(H,28,31)/t19-/m0/s1. The molecular weight excluding hydrogens is 493 g/mol. The van der Waals surface area contributed by atoms with Crippen LogP contribution in [-0.2, 0) is 30.0 Å². The molecule has 1 amide bonds. The third-order valence-electron chi connectivity index (χ3n) is 5.71. The van der Waals surface area contributed by atoms with E-state index in [2.05, 4.69) is 5.32 Å². The average Bonchev–Trinajstić information content (AvgIpc) is 2.82. The van der Waals surface area contributed by atoms with Crippen molar-refractivity contribution < 1.29 is 14.3 Å². The van der Waals surface area contributed by atoms with Crippen molar-refractivity contribution in [1.29, 1.82) is 0 Å². The second-order valence-corrected chi connectivity index (χ2v) is 8.76. The van der Waals surface area contributed by atoms with Crippen molar-refractivity contribution in [3.8, 4) is 11.1 Å². The highest BCUT2D eigenvalue weighted by Gasteiger charge is 2.25. The Labute approximate surface area is 212 Å². The number of benzene rings is 2. The maximum Gasteiger partial charge on any atom is 0.330 e. The highest BCUT2D eigenvalue weighted by Crippen LogP contribution is 2.24. The minimum atomic E-state index is -0.993. The van der Waals surface area contributed by atoms with E-state index in [0.717, 1.165) is 10.1 Å². The number of carbonyl (C=O) groups is 2. The zero-order valence-electron chi connectivity index (χ0n) is 19.7. The highest BCUT2D eigenvalue weighted by molar-refractivity contribution is 6.39. The Balaban J connectivity index is 1.90. The van der Waals surface area contributed by atoms with Crippen LogP contribution in [0.2, 0.25) is 10.0 Å². The van der Waals surface area contributed by atoms with Crippen LogP contribution in [0.25, 0.3) is 11.1 Å². The molecule has 0 unspecified atom stereocenters. The minimum Gasteiger partial charge on any atom is -0.464 e. The van der Waals surface area contributed by atoms with E-state index >= 15 is 0 Å². The largest absolute Gasteiger partial charge is 0.464 e. The Morgan fingerprint density at radius 1 is 1.00 bits per heavy atom. The summed E-state index contributed by atoms with van der Waals surface area (Å²) in [4.78, 5) is 50.3.